The fraction of sp³-hybridized carbons (Fsp3) is 0.444. The van der Waals surface area contributed by atoms with E-state index in [0.29, 0.717) is 36.5 Å². The van der Waals surface area contributed by atoms with Crippen LogP contribution in [0.1, 0.15) is 39.2 Å². The minimum Gasteiger partial charge on any atom is -0.444 e. The number of amides is 2. The van der Waals surface area contributed by atoms with E-state index in [1.54, 1.807) is 11.0 Å². The van der Waals surface area contributed by atoms with Crippen molar-refractivity contribution in [1.29, 1.82) is 0 Å². The van der Waals surface area contributed by atoms with Gasteiger partial charge < -0.3 is 15.0 Å². The number of hydrogen-bond acceptors (Lipinski definition) is 3. The highest BCUT2D eigenvalue weighted by Gasteiger charge is 2.31. The number of ether oxygens (including phenoxy) is 1. The molecule has 1 aromatic rings. The topological polar surface area (TPSA) is 58.6 Å². The van der Waals surface area contributed by atoms with Crippen molar-refractivity contribution in [1.82, 2.24) is 4.90 Å². The van der Waals surface area contributed by atoms with E-state index >= 15 is 0 Å². The first kappa shape index (κ1) is 16.8. The minimum absolute atomic E-state index is 0.0898. The number of hydrogen-bond donors (Lipinski definition) is 1. The molecule has 128 valence electrons. The molecule has 5 nitrogen and oxygen atoms in total. The summed E-state index contributed by atoms with van der Waals surface area (Å²) in [5.74, 6) is -0.0898. The molecule has 24 heavy (non-hydrogen) atoms. The predicted molar refractivity (Wildman–Crippen MR) is 94.0 cm³/mol. The van der Waals surface area contributed by atoms with Crippen LogP contribution in [0.2, 0.25) is 5.02 Å². The fourth-order valence-electron chi connectivity index (χ4n) is 3.03. The predicted octanol–water partition coefficient (Wildman–Crippen LogP) is 4.08. The number of piperidine rings is 1. The Morgan fingerprint density at radius 1 is 1.25 bits per heavy atom. The zero-order valence-corrected chi connectivity index (χ0v) is 14.9. The Bertz CT molecular complexity index is 724. The lowest BCUT2D eigenvalue weighted by Crippen LogP contribution is -2.40. The molecule has 2 aliphatic rings. The number of carbonyl (C=O) groups excluding carboxylic acids is 2. The van der Waals surface area contributed by atoms with Crippen LogP contribution >= 0.6 is 11.6 Å². The average Bonchev–Trinajstić information content (AvgIpc) is 2.81. The van der Waals surface area contributed by atoms with Crippen LogP contribution in [0, 0.1) is 0 Å². The molecule has 0 saturated carbocycles. The number of anilines is 1. The maximum absolute atomic E-state index is 12.3. The maximum Gasteiger partial charge on any atom is 0.410 e. The summed E-state index contributed by atoms with van der Waals surface area (Å²) in [7, 11) is 0. The van der Waals surface area contributed by atoms with Gasteiger partial charge in [-0.05, 0) is 51.8 Å². The Balaban J connectivity index is 1.77. The molecule has 3 rings (SSSR count). The van der Waals surface area contributed by atoms with E-state index in [-0.39, 0.29) is 12.0 Å². The summed E-state index contributed by atoms with van der Waals surface area (Å²) >= 11 is 6.07. The lowest BCUT2D eigenvalue weighted by Gasteiger charge is -2.31. The summed E-state index contributed by atoms with van der Waals surface area (Å²) < 4.78 is 5.41. The van der Waals surface area contributed by atoms with Crippen molar-refractivity contribution < 1.29 is 14.3 Å². The quantitative estimate of drug-likeness (QED) is 0.719. The van der Waals surface area contributed by atoms with Gasteiger partial charge in [-0.25, -0.2) is 4.79 Å². The molecule has 6 heteroatoms. The third kappa shape index (κ3) is 3.41. The maximum atomic E-state index is 12.3. The highest BCUT2D eigenvalue weighted by Crippen LogP contribution is 2.38. The Morgan fingerprint density at radius 3 is 2.54 bits per heavy atom. The van der Waals surface area contributed by atoms with Gasteiger partial charge in [0.15, 0.2) is 0 Å². The lowest BCUT2D eigenvalue weighted by atomic mass is 9.94. The van der Waals surface area contributed by atoms with E-state index in [1.165, 1.54) is 0 Å². The van der Waals surface area contributed by atoms with Crippen LogP contribution in [0.3, 0.4) is 0 Å². The lowest BCUT2D eigenvalue weighted by molar-refractivity contribution is -0.110. The Hall–Kier alpha value is -2.01. The molecule has 0 unspecified atom stereocenters. The van der Waals surface area contributed by atoms with Crippen LogP contribution in [0.25, 0.3) is 5.57 Å². The molecule has 1 aromatic carbocycles. The SMILES string of the molecule is CC(C)(C)OC(=O)N1CCC(=C2C(=O)Nc3ccc(Cl)cc32)CC1. The van der Waals surface area contributed by atoms with Crippen LogP contribution in [0.5, 0.6) is 0 Å². The molecular weight excluding hydrogens is 328 g/mol. The van der Waals surface area contributed by atoms with Crippen LogP contribution in [-0.2, 0) is 9.53 Å². The number of rotatable bonds is 0. The number of halogens is 1. The highest BCUT2D eigenvalue weighted by atomic mass is 35.5. The molecule has 2 heterocycles. The number of nitrogens with zero attached hydrogens (tertiary/aromatic N) is 1. The third-order valence-electron chi connectivity index (χ3n) is 4.10. The monoisotopic (exact) mass is 348 g/mol. The van der Waals surface area contributed by atoms with Gasteiger partial charge in [0.1, 0.15) is 5.60 Å². The van der Waals surface area contributed by atoms with Gasteiger partial charge in [-0.2, -0.15) is 0 Å². The molecule has 1 saturated heterocycles. The second-order valence-corrected chi connectivity index (χ2v) is 7.53. The smallest absolute Gasteiger partial charge is 0.410 e. The van der Waals surface area contributed by atoms with Crippen LogP contribution < -0.4 is 5.32 Å². The van der Waals surface area contributed by atoms with Crippen molar-refractivity contribution in [3.63, 3.8) is 0 Å². The Labute approximate surface area is 146 Å². The molecule has 2 amide bonds. The third-order valence-corrected chi connectivity index (χ3v) is 4.33. The van der Waals surface area contributed by atoms with E-state index in [4.69, 9.17) is 16.3 Å². The first-order chi connectivity index (χ1) is 11.2. The molecule has 0 atom stereocenters. The second-order valence-electron chi connectivity index (χ2n) is 7.09. The van der Waals surface area contributed by atoms with E-state index in [0.717, 1.165) is 16.8 Å². The van der Waals surface area contributed by atoms with Crippen molar-refractivity contribution in [2.24, 2.45) is 0 Å². The van der Waals surface area contributed by atoms with Crippen molar-refractivity contribution in [2.75, 3.05) is 18.4 Å². The molecular formula is C18H21ClN2O3. The number of nitrogens with one attached hydrogen (secondary N) is 1. The standard InChI is InChI=1S/C18H21ClN2O3/c1-18(2,3)24-17(23)21-8-6-11(7-9-21)15-13-10-12(19)4-5-14(13)20-16(15)22/h4-5,10H,6-9H2,1-3H3,(H,20,22). The van der Waals surface area contributed by atoms with Crippen molar-refractivity contribution >= 4 is 34.9 Å². The van der Waals surface area contributed by atoms with Gasteiger partial charge in [0.2, 0.25) is 0 Å². The Morgan fingerprint density at radius 2 is 1.92 bits per heavy atom. The van der Waals surface area contributed by atoms with Crippen LogP contribution in [0.4, 0.5) is 10.5 Å². The van der Waals surface area contributed by atoms with Gasteiger partial charge in [0.25, 0.3) is 5.91 Å². The Kier molecular flexibility index (Phi) is 4.30. The summed E-state index contributed by atoms with van der Waals surface area (Å²) in [6, 6.07) is 5.40. The minimum atomic E-state index is -0.503. The van der Waals surface area contributed by atoms with Crippen molar-refractivity contribution in [2.45, 2.75) is 39.2 Å². The molecule has 0 spiro atoms. The number of benzene rings is 1. The van der Waals surface area contributed by atoms with Crippen molar-refractivity contribution in [3.8, 4) is 0 Å². The largest absolute Gasteiger partial charge is 0.444 e. The molecule has 0 bridgehead atoms. The van der Waals surface area contributed by atoms with E-state index in [9.17, 15) is 9.59 Å². The average molecular weight is 349 g/mol. The zero-order valence-electron chi connectivity index (χ0n) is 14.1. The first-order valence-electron chi connectivity index (χ1n) is 8.06. The molecule has 1 N–H and O–H groups in total. The summed E-state index contributed by atoms with van der Waals surface area (Å²) in [5.41, 5.74) is 2.91. The van der Waals surface area contributed by atoms with E-state index in [1.807, 2.05) is 32.9 Å². The normalized spacial score (nSPS) is 17.7. The van der Waals surface area contributed by atoms with Gasteiger partial charge in [-0.1, -0.05) is 17.2 Å². The van der Waals surface area contributed by atoms with Gasteiger partial charge in [-0.15, -0.1) is 0 Å². The molecule has 0 aliphatic carbocycles. The van der Waals surface area contributed by atoms with Crippen molar-refractivity contribution in [3.05, 3.63) is 34.4 Å². The molecule has 2 aliphatic heterocycles. The fourth-order valence-corrected chi connectivity index (χ4v) is 3.20. The summed E-state index contributed by atoms with van der Waals surface area (Å²) in [5, 5.41) is 3.48. The summed E-state index contributed by atoms with van der Waals surface area (Å²) in [6.07, 6.45) is 1.02. The zero-order chi connectivity index (χ0) is 17.5. The van der Waals surface area contributed by atoms with E-state index in [2.05, 4.69) is 5.32 Å². The van der Waals surface area contributed by atoms with Gasteiger partial charge in [0.05, 0.1) is 0 Å². The highest BCUT2D eigenvalue weighted by molar-refractivity contribution is 6.35. The van der Waals surface area contributed by atoms with Gasteiger partial charge in [0, 0.05) is 34.9 Å². The number of likely N-dealkylation sites (tertiary alicyclic amines) is 1. The second kappa shape index (κ2) is 6.13. The number of fused-ring (bicyclic) bond motifs is 1. The van der Waals surface area contributed by atoms with Gasteiger partial charge >= 0.3 is 6.09 Å². The molecule has 0 aromatic heterocycles. The van der Waals surface area contributed by atoms with Crippen LogP contribution in [0.15, 0.2) is 23.8 Å². The van der Waals surface area contributed by atoms with E-state index < -0.39 is 5.60 Å². The summed E-state index contributed by atoms with van der Waals surface area (Å²) in [6.45, 7) is 6.66. The summed E-state index contributed by atoms with van der Waals surface area (Å²) in [4.78, 5) is 26.2. The van der Waals surface area contributed by atoms with Gasteiger partial charge in [-0.3, -0.25) is 4.79 Å². The van der Waals surface area contributed by atoms with Crippen LogP contribution in [-0.4, -0.2) is 35.6 Å². The number of carbonyl (C=O) groups is 2. The first-order valence-corrected chi connectivity index (χ1v) is 8.43. The molecule has 1 fully saturated rings. The molecule has 0 radical (unpaired) electrons.